The highest BCUT2D eigenvalue weighted by Crippen LogP contribution is 2.03. The second-order valence-corrected chi connectivity index (χ2v) is 3.22. The Kier molecular flexibility index (Phi) is 3.78. The molecule has 4 nitrogen and oxygen atoms in total. The first-order valence-electron chi connectivity index (χ1n) is 2.53. The van der Waals surface area contributed by atoms with Gasteiger partial charge in [-0.15, -0.1) is 0 Å². The summed E-state index contributed by atoms with van der Waals surface area (Å²) in [5.74, 6) is 0. The van der Waals surface area contributed by atoms with Crippen LogP contribution in [-0.4, -0.2) is 21.0 Å². The third kappa shape index (κ3) is 2.67. The minimum atomic E-state index is -3.46. The Labute approximate surface area is 60.8 Å². The first-order valence-corrected chi connectivity index (χ1v) is 4.20. The van der Waals surface area contributed by atoms with E-state index in [-0.39, 0.29) is 0 Å². The highest BCUT2D eigenvalue weighted by molar-refractivity contribution is 6.52. The van der Waals surface area contributed by atoms with Crippen LogP contribution in [0.15, 0.2) is 25.7 Å². The van der Waals surface area contributed by atoms with Crippen molar-refractivity contribution in [2.24, 2.45) is 0 Å². The van der Waals surface area contributed by atoms with Crippen LogP contribution in [0, 0.1) is 0 Å². The van der Waals surface area contributed by atoms with Gasteiger partial charge >= 0.3 is 9.05 Å². The fourth-order valence-electron chi connectivity index (χ4n) is 0.335. The zero-order valence-electron chi connectivity index (χ0n) is 5.74. The maximum atomic E-state index is 9.15. The van der Waals surface area contributed by atoms with Crippen LogP contribution in [0.5, 0.6) is 0 Å². The smallest absolute Gasteiger partial charge is 0.478 e. The van der Waals surface area contributed by atoms with E-state index in [2.05, 4.69) is 26.4 Å². The van der Waals surface area contributed by atoms with Crippen molar-refractivity contribution in [1.82, 2.24) is 0 Å². The van der Waals surface area contributed by atoms with Crippen LogP contribution in [0.4, 0.5) is 0 Å². The SMILES string of the molecule is C=CO[Si](O)(OC)OC=C. The molecule has 0 atom stereocenters. The maximum Gasteiger partial charge on any atom is 0.816 e. The lowest BCUT2D eigenvalue weighted by Crippen LogP contribution is -2.41. The number of rotatable bonds is 5. The van der Waals surface area contributed by atoms with Crippen molar-refractivity contribution in [3.8, 4) is 0 Å². The van der Waals surface area contributed by atoms with Crippen molar-refractivity contribution in [2.45, 2.75) is 0 Å². The van der Waals surface area contributed by atoms with Crippen LogP contribution in [0.3, 0.4) is 0 Å². The van der Waals surface area contributed by atoms with E-state index in [1.807, 2.05) is 0 Å². The van der Waals surface area contributed by atoms with Gasteiger partial charge in [-0.2, -0.15) is 0 Å². The third-order valence-corrected chi connectivity index (χ3v) is 2.17. The largest absolute Gasteiger partial charge is 0.816 e. The standard InChI is InChI=1S/C5H10O4Si/c1-4-8-10(6,7-3)9-5-2/h4-6H,1-2H2,3H3. The maximum absolute atomic E-state index is 9.15. The van der Waals surface area contributed by atoms with Crippen molar-refractivity contribution in [2.75, 3.05) is 7.11 Å². The predicted octanol–water partition coefficient (Wildman–Crippen LogP) is 0.381. The summed E-state index contributed by atoms with van der Waals surface area (Å²) in [7, 11) is -2.18. The Morgan fingerprint density at radius 1 is 1.30 bits per heavy atom. The summed E-state index contributed by atoms with van der Waals surface area (Å²) in [6, 6.07) is 0. The van der Waals surface area contributed by atoms with Gasteiger partial charge in [-0.3, -0.25) is 0 Å². The van der Waals surface area contributed by atoms with Crippen LogP contribution >= 0.6 is 0 Å². The molecule has 0 aliphatic carbocycles. The molecule has 0 aliphatic rings. The molecule has 0 aliphatic heterocycles. The lowest BCUT2D eigenvalue weighted by atomic mass is 11.2. The van der Waals surface area contributed by atoms with Crippen molar-refractivity contribution in [1.29, 1.82) is 0 Å². The molecule has 0 amide bonds. The fraction of sp³-hybridized carbons (Fsp3) is 0.200. The van der Waals surface area contributed by atoms with Gasteiger partial charge in [0.2, 0.25) is 0 Å². The second kappa shape index (κ2) is 4.10. The molecule has 0 radical (unpaired) electrons. The number of hydrogen-bond acceptors (Lipinski definition) is 4. The summed E-state index contributed by atoms with van der Waals surface area (Å²) in [5, 5.41) is 0. The lowest BCUT2D eigenvalue weighted by molar-refractivity contribution is 0.0708. The predicted molar refractivity (Wildman–Crippen MR) is 37.5 cm³/mol. The Morgan fingerprint density at radius 3 is 1.90 bits per heavy atom. The molecule has 0 aromatic heterocycles. The quantitative estimate of drug-likeness (QED) is 0.469. The van der Waals surface area contributed by atoms with E-state index >= 15 is 0 Å². The number of hydrogen-bond donors (Lipinski definition) is 1. The van der Waals surface area contributed by atoms with Gasteiger partial charge in [-0.25, -0.2) is 0 Å². The van der Waals surface area contributed by atoms with E-state index in [1.165, 1.54) is 7.11 Å². The van der Waals surface area contributed by atoms with E-state index < -0.39 is 9.05 Å². The molecule has 1 N–H and O–H groups in total. The van der Waals surface area contributed by atoms with Crippen molar-refractivity contribution >= 4 is 9.05 Å². The van der Waals surface area contributed by atoms with E-state index in [0.29, 0.717) is 0 Å². The van der Waals surface area contributed by atoms with Crippen molar-refractivity contribution in [3.05, 3.63) is 25.7 Å². The summed E-state index contributed by atoms with van der Waals surface area (Å²) in [4.78, 5) is 9.15. The minimum Gasteiger partial charge on any atom is -0.478 e. The summed E-state index contributed by atoms with van der Waals surface area (Å²) < 4.78 is 13.6. The first kappa shape index (κ1) is 9.22. The van der Waals surface area contributed by atoms with Gasteiger partial charge in [-0.05, 0) is 0 Å². The second-order valence-electron chi connectivity index (χ2n) is 1.30. The molecule has 10 heavy (non-hydrogen) atoms. The molecule has 58 valence electrons. The average Bonchev–Trinajstić information content (AvgIpc) is 1.89. The topological polar surface area (TPSA) is 47.9 Å². The molecule has 0 rings (SSSR count). The van der Waals surface area contributed by atoms with Crippen LogP contribution in [0.1, 0.15) is 0 Å². The highest BCUT2D eigenvalue weighted by Gasteiger charge is 2.43. The zero-order valence-corrected chi connectivity index (χ0v) is 6.74. The normalized spacial score (nSPS) is 10.2. The van der Waals surface area contributed by atoms with E-state index in [1.54, 1.807) is 0 Å². The van der Waals surface area contributed by atoms with Gasteiger partial charge in [0.25, 0.3) is 0 Å². The third-order valence-electron chi connectivity index (χ3n) is 0.722. The summed E-state index contributed by atoms with van der Waals surface area (Å²) in [5.41, 5.74) is 0. The molecule has 0 aromatic carbocycles. The molecule has 0 bridgehead atoms. The zero-order chi connectivity index (χ0) is 8.04. The molecule has 0 saturated carbocycles. The monoisotopic (exact) mass is 162 g/mol. The van der Waals surface area contributed by atoms with Crippen LogP contribution in [-0.2, 0) is 13.3 Å². The molecule has 0 unspecified atom stereocenters. The highest BCUT2D eigenvalue weighted by atomic mass is 28.4. The molecule has 0 saturated heterocycles. The molecular formula is C5H10O4Si. The molecule has 5 heteroatoms. The molecule has 0 spiro atoms. The molecular weight excluding hydrogens is 152 g/mol. The van der Waals surface area contributed by atoms with Gasteiger partial charge in [0.15, 0.2) is 0 Å². The molecule has 0 heterocycles. The Hall–Kier alpha value is -0.783. The van der Waals surface area contributed by atoms with E-state index in [9.17, 15) is 0 Å². The Bertz CT molecular complexity index is 115. The van der Waals surface area contributed by atoms with Crippen LogP contribution in [0.25, 0.3) is 0 Å². The minimum absolute atomic E-state index is 1.05. The summed E-state index contributed by atoms with van der Waals surface area (Å²) in [6.45, 7) is 6.47. The van der Waals surface area contributed by atoms with E-state index in [4.69, 9.17) is 4.80 Å². The van der Waals surface area contributed by atoms with Gasteiger partial charge in [0.05, 0.1) is 12.5 Å². The van der Waals surface area contributed by atoms with Gasteiger partial charge in [-0.1, -0.05) is 13.2 Å². The van der Waals surface area contributed by atoms with Gasteiger partial charge < -0.3 is 18.1 Å². The van der Waals surface area contributed by atoms with Gasteiger partial charge in [0, 0.05) is 7.11 Å². The summed E-state index contributed by atoms with van der Waals surface area (Å²) >= 11 is 0. The average molecular weight is 162 g/mol. The molecule has 0 aromatic rings. The fourth-order valence-corrected chi connectivity index (χ4v) is 1.00. The van der Waals surface area contributed by atoms with Gasteiger partial charge in [0.1, 0.15) is 0 Å². The lowest BCUT2D eigenvalue weighted by Gasteiger charge is -2.16. The Morgan fingerprint density at radius 2 is 1.70 bits per heavy atom. The Balaban J connectivity index is 3.92. The van der Waals surface area contributed by atoms with Crippen LogP contribution < -0.4 is 0 Å². The first-order chi connectivity index (χ1) is 4.68. The van der Waals surface area contributed by atoms with Crippen molar-refractivity contribution < 1.29 is 18.1 Å². The van der Waals surface area contributed by atoms with Crippen LogP contribution in [0.2, 0.25) is 0 Å². The van der Waals surface area contributed by atoms with Crippen molar-refractivity contribution in [3.63, 3.8) is 0 Å². The van der Waals surface area contributed by atoms with E-state index in [0.717, 1.165) is 12.5 Å². The molecule has 0 fully saturated rings. The summed E-state index contributed by atoms with van der Waals surface area (Å²) in [6.07, 6.45) is 2.11.